The molecule has 0 saturated heterocycles. The van der Waals surface area contributed by atoms with E-state index in [1.807, 2.05) is 25.2 Å². The van der Waals surface area contributed by atoms with E-state index < -0.39 is 0 Å². The highest BCUT2D eigenvalue weighted by Gasteiger charge is 2.18. The monoisotopic (exact) mass is 426 g/mol. The van der Waals surface area contributed by atoms with Crippen LogP contribution < -0.4 is 11.3 Å². The molecule has 0 aliphatic heterocycles. The number of nitrogens with zero attached hydrogens (tertiary/aromatic N) is 5. The van der Waals surface area contributed by atoms with Crippen molar-refractivity contribution in [2.75, 3.05) is 5.73 Å². The summed E-state index contributed by atoms with van der Waals surface area (Å²) in [5.74, 6) is 0.744. The molecule has 0 atom stereocenters. The summed E-state index contributed by atoms with van der Waals surface area (Å²) in [6.07, 6.45) is 5.38. The van der Waals surface area contributed by atoms with Crippen LogP contribution in [0.3, 0.4) is 0 Å². The fourth-order valence-electron chi connectivity index (χ4n) is 4.17. The van der Waals surface area contributed by atoms with Gasteiger partial charge >= 0.3 is 0 Å². The second kappa shape index (κ2) is 7.74. The summed E-state index contributed by atoms with van der Waals surface area (Å²) >= 11 is 0. The first-order chi connectivity index (χ1) is 15.5. The number of fused-ring (bicyclic) bond motifs is 2. The Labute approximate surface area is 183 Å². The van der Waals surface area contributed by atoms with E-state index in [4.69, 9.17) is 11.0 Å². The molecule has 160 valence electrons. The van der Waals surface area contributed by atoms with Crippen molar-refractivity contribution in [3.63, 3.8) is 0 Å². The number of rotatable bonds is 2. The van der Waals surface area contributed by atoms with E-state index in [1.54, 1.807) is 29.1 Å². The van der Waals surface area contributed by atoms with Crippen molar-refractivity contribution in [1.82, 2.24) is 29.5 Å². The maximum atomic E-state index is 12.9. The van der Waals surface area contributed by atoms with Gasteiger partial charge in [0, 0.05) is 41.5 Å². The third kappa shape index (κ3) is 3.32. The molecule has 0 saturated carbocycles. The van der Waals surface area contributed by atoms with Gasteiger partial charge in [-0.15, -0.1) is 0 Å². The maximum Gasteiger partial charge on any atom is 0.276 e. The number of hydrogen-bond donors (Lipinski definition) is 3. The number of benzene rings is 1. The van der Waals surface area contributed by atoms with Crippen LogP contribution in [-0.4, -0.2) is 29.5 Å². The van der Waals surface area contributed by atoms with Gasteiger partial charge in [0.2, 0.25) is 0 Å². The number of hydrogen-bond acceptors (Lipinski definition) is 5. The lowest BCUT2D eigenvalue weighted by Crippen LogP contribution is -2.18. The molecule has 0 spiro atoms. The molecule has 4 aromatic rings. The molecule has 1 aliphatic rings. The van der Waals surface area contributed by atoms with E-state index in [0.29, 0.717) is 22.8 Å². The summed E-state index contributed by atoms with van der Waals surface area (Å²) in [7, 11) is 1.82. The number of nitriles is 1. The Bertz CT molecular complexity index is 1480. The number of anilines is 1. The summed E-state index contributed by atoms with van der Waals surface area (Å²) in [4.78, 5) is 20.6. The van der Waals surface area contributed by atoms with Gasteiger partial charge in [-0.1, -0.05) is 12.1 Å². The summed E-state index contributed by atoms with van der Waals surface area (Å²) in [5.41, 5.74) is 10.9. The Morgan fingerprint density at radius 2 is 1.94 bits per heavy atom. The Morgan fingerprint density at radius 3 is 2.69 bits per heavy atom. The van der Waals surface area contributed by atoms with Crippen LogP contribution >= 0.6 is 0 Å². The van der Waals surface area contributed by atoms with E-state index in [2.05, 4.69) is 26.2 Å². The maximum absolute atomic E-state index is 12.9. The average molecular weight is 426 g/mol. The predicted octanol–water partition coefficient (Wildman–Crippen LogP) is 2.90. The average Bonchev–Trinajstić information content (AvgIpc) is 3.32. The topological polar surface area (TPSA) is 134 Å². The third-order valence-electron chi connectivity index (χ3n) is 5.77. The van der Waals surface area contributed by atoms with E-state index in [1.165, 1.54) is 4.68 Å². The highest BCUT2D eigenvalue weighted by atomic mass is 16.1. The molecule has 0 bridgehead atoms. The molecule has 9 heteroatoms. The van der Waals surface area contributed by atoms with Crippen LogP contribution in [0, 0.1) is 11.3 Å². The van der Waals surface area contributed by atoms with Crippen molar-refractivity contribution in [2.24, 2.45) is 7.05 Å². The quantitative estimate of drug-likeness (QED) is 0.453. The molecular formula is C23H22N8O. The Kier molecular flexibility index (Phi) is 4.75. The lowest BCUT2D eigenvalue weighted by Gasteiger charge is -2.07. The smallest absolute Gasteiger partial charge is 0.276 e. The van der Waals surface area contributed by atoms with Gasteiger partial charge in [-0.3, -0.25) is 14.6 Å². The Hall–Kier alpha value is -4.32. The number of aromatic amines is 2. The van der Waals surface area contributed by atoms with E-state index in [0.717, 1.165) is 53.6 Å². The standard InChI is InChI=1S/C23H22N8O/c1-30-22-17(21(29-30)15-8-6-14(13-24)7-9-15)10-11-26-20(12-19(25)27-22)31-23(32)16-4-2-3-5-18(16)28-31/h6-12,27-28H,2-5,25H2,1H3. The van der Waals surface area contributed by atoms with Gasteiger partial charge < -0.3 is 10.7 Å². The van der Waals surface area contributed by atoms with Crippen LogP contribution in [0.2, 0.25) is 0 Å². The zero-order chi connectivity index (χ0) is 22.2. The zero-order valence-corrected chi connectivity index (χ0v) is 17.6. The second-order valence-corrected chi connectivity index (χ2v) is 7.87. The molecule has 9 nitrogen and oxygen atoms in total. The number of aromatic nitrogens is 6. The Balaban J connectivity index is 1.69. The molecule has 0 fully saturated rings. The minimum atomic E-state index is -0.0763. The van der Waals surface area contributed by atoms with E-state index in [9.17, 15) is 4.79 Å². The summed E-state index contributed by atoms with van der Waals surface area (Å²) in [6, 6.07) is 12.8. The van der Waals surface area contributed by atoms with Crippen LogP contribution in [-0.2, 0) is 19.9 Å². The van der Waals surface area contributed by atoms with Crippen molar-refractivity contribution in [1.29, 1.82) is 5.26 Å². The fraction of sp³-hybridized carbons (Fsp3) is 0.217. The zero-order valence-electron chi connectivity index (χ0n) is 17.6. The predicted molar refractivity (Wildman–Crippen MR) is 122 cm³/mol. The van der Waals surface area contributed by atoms with Gasteiger partial charge in [-0.05, 0) is 43.9 Å². The van der Waals surface area contributed by atoms with Crippen LogP contribution in [0.1, 0.15) is 29.7 Å². The lowest BCUT2D eigenvalue weighted by molar-refractivity contribution is 0.670. The highest BCUT2D eigenvalue weighted by Crippen LogP contribution is 2.26. The normalized spacial score (nSPS) is 12.9. The number of nitrogens with one attached hydrogen (secondary N) is 2. The third-order valence-corrected chi connectivity index (χ3v) is 5.77. The largest absolute Gasteiger partial charge is 0.385 e. The molecule has 5 rings (SSSR count). The van der Waals surface area contributed by atoms with Crippen molar-refractivity contribution in [3.05, 3.63) is 69.8 Å². The molecule has 1 aliphatic carbocycles. The SMILES string of the molecule is Cn1nc(-c2ccc(C#N)cc2)c2ccnc(-n3[nH]c4c(c3=O)CCCC4)cc(N)[nH]c21. The van der Waals surface area contributed by atoms with Crippen LogP contribution in [0.5, 0.6) is 0 Å². The minimum Gasteiger partial charge on any atom is -0.385 e. The molecule has 0 unspecified atom stereocenters. The molecule has 3 heterocycles. The van der Waals surface area contributed by atoms with E-state index >= 15 is 0 Å². The summed E-state index contributed by atoms with van der Waals surface area (Å²) in [5, 5.41) is 17.7. The molecule has 4 N–H and O–H groups in total. The van der Waals surface area contributed by atoms with Crippen molar-refractivity contribution in [2.45, 2.75) is 25.7 Å². The number of H-pyrrole nitrogens is 2. The number of nitrogen functional groups attached to an aromatic ring is 1. The van der Waals surface area contributed by atoms with Gasteiger partial charge in [-0.25, -0.2) is 9.67 Å². The summed E-state index contributed by atoms with van der Waals surface area (Å²) < 4.78 is 3.17. The number of aryl methyl sites for hydroxylation is 2. The lowest BCUT2D eigenvalue weighted by atomic mass is 9.98. The number of nitrogens with two attached hydrogens (primary N) is 1. The van der Waals surface area contributed by atoms with Gasteiger partial charge in [0.25, 0.3) is 5.56 Å². The van der Waals surface area contributed by atoms with Crippen LogP contribution in [0.25, 0.3) is 28.1 Å². The second-order valence-electron chi connectivity index (χ2n) is 7.87. The molecule has 0 amide bonds. The van der Waals surface area contributed by atoms with Crippen LogP contribution in [0.4, 0.5) is 5.82 Å². The first kappa shape index (κ1) is 19.6. The van der Waals surface area contributed by atoms with Gasteiger partial charge in [-0.2, -0.15) is 10.4 Å². The fourth-order valence-corrected chi connectivity index (χ4v) is 4.17. The van der Waals surface area contributed by atoms with Gasteiger partial charge in [0.1, 0.15) is 17.2 Å². The molecule has 0 radical (unpaired) electrons. The van der Waals surface area contributed by atoms with Gasteiger partial charge in [0.15, 0.2) is 5.82 Å². The molecule has 3 aromatic heterocycles. The molecule has 32 heavy (non-hydrogen) atoms. The highest BCUT2D eigenvalue weighted by molar-refractivity contribution is 5.91. The van der Waals surface area contributed by atoms with Crippen molar-refractivity contribution >= 4 is 16.9 Å². The van der Waals surface area contributed by atoms with Crippen molar-refractivity contribution in [3.8, 4) is 23.1 Å². The van der Waals surface area contributed by atoms with Gasteiger partial charge in [0.05, 0.1) is 11.6 Å². The van der Waals surface area contributed by atoms with E-state index in [-0.39, 0.29) is 5.56 Å². The minimum absolute atomic E-state index is 0.0763. The Morgan fingerprint density at radius 1 is 1.16 bits per heavy atom. The first-order valence-electron chi connectivity index (χ1n) is 10.4. The first-order valence-corrected chi connectivity index (χ1v) is 10.4. The molecular weight excluding hydrogens is 404 g/mol. The van der Waals surface area contributed by atoms with Crippen LogP contribution in [0.15, 0.2) is 47.4 Å². The molecule has 1 aromatic carbocycles. The van der Waals surface area contributed by atoms with Crippen molar-refractivity contribution < 1.29 is 0 Å². The summed E-state index contributed by atoms with van der Waals surface area (Å²) in [6.45, 7) is 0.